The van der Waals surface area contributed by atoms with Crippen LogP contribution in [0.4, 0.5) is 0 Å². The van der Waals surface area contributed by atoms with E-state index in [4.69, 9.17) is 18.5 Å². The number of esters is 2. The zero-order valence-electron chi connectivity index (χ0n) is 80.0. The molecule has 45 heteroatoms. The summed E-state index contributed by atoms with van der Waals surface area (Å²) in [6.07, 6.45) is 33.7. The van der Waals surface area contributed by atoms with Crippen LogP contribution in [0.15, 0.2) is 36.5 Å². The van der Waals surface area contributed by atoms with Crippen molar-refractivity contribution in [3.63, 3.8) is 0 Å². The maximum Gasteiger partial charge on any atom is 0.472 e. The molecule has 0 bridgehead atoms. The lowest BCUT2D eigenvalue weighted by Gasteiger charge is -2.21. The topological polar surface area (TPSA) is 636 Å². The molecule has 0 aliphatic carbocycles. The fourth-order valence-electron chi connectivity index (χ4n) is 13.4. The van der Waals surface area contributed by atoms with Crippen LogP contribution >= 0.6 is 7.82 Å². The zero-order chi connectivity index (χ0) is 103. The van der Waals surface area contributed by atoms with Crippen molar-refractivity contribution >= 4 is 143 Å². The molecular formula is C93H146N11O33P. The molecule has 0 aromatic carbocycles. The van der Waals surface area contributed by atoms with E-state index >= 15 is 0 Å². The quantitative estimate of drug-likeness (QED) is 0.0110. The number of unbranched alkanes of at least 4 members (excludes halogenated alkanes) is 23. The average molecular weight is 1980 g/mol. The van der Waals surface area contributed by atoms with Crippen LogP contribution in [0, 0.1) is 0 Å². The number of allylic oxidation sites excluding steroid dienone is 4. The number of ether oxygens (including phenoxy) is 2. The number of amides is 11. The Balaban J connectivity index is 2.55. The van der Waals surface area contributed by atoms with Gasteiger partial charge in [0, 0.05) is 109 Å². The van der Waals surface area contributed by atoms with Crippen LogP contribution < -0.4 is 32.0 Å². The lowest BCUT2D eigenvalue weighted by atomic mass is 10.1. The van der Waals surface area contributed by atoms with Crippen molar-refractivity contribution in [2.45, 2.75) is 302 Å². The smallest absolute Gasteiger partial charge is 0.472 e. The number of rotatable bonds is 89. The fraction of sp³-hybridized carbons (Fsp3) is 0.688. The Morgan fingerprint density at radius 3 is 1.14 bits per heavy atom. The van der Waals surface area contributed by atoms with Gasteiger partial charge in [0.25, 0.3) is 11.8 Å². The van der Waals surface area contributed by atoms with Gasteiger partial charge in [-0.15, -0.1) is 0 Å². The minimum atomic E-state index is -4.76. The SMILES string of the molecule is CCCCCCCC/C=C/CCCCCCCC(=O)OCC(COP(=O)(O)OCCCC(=O)CCCCC(=O)NCC(=O)CCC(=O)N(CC(=O)O)CC(=O)CCC(=O)NCC(=O)N(CC(=O)O)CC(=O)NCCCC(=O)CN(CC(=O)O)C(=O)CCC(=O)CNC(=O)CN(CC(=O)O)C(=O)CNC(=O)CCC(=O)CNN1C(=O)C=CC1=O)OC(=O)CCCCCCC/C=C/CCCCCCCC. The summed E-state index contributed by atoms with van der Waals surface area (Å²) in [6.45, 7) is -8.24. The molecule has 2 atom stereocenters. The van der Waals surface area contributed by atoms with Crippen LogP contribution in [-0.4, -0.2) is 303 Å². The molecule has 1 aliphatic rings. The number of hydrazine groups is 1. The van der Waals surface area contributed by atoms with Crippen LogP contribution in [0.5, 0.6) is 0 Å². The number of nitrogens with one attached hydrogen (secondary N) is 6. The maximum atomic E-state index is 13.1. The first-order chi connectivity index (χ1) is 65.8. The molecule has 0 aromatic heterocycles. The van der Waals surface area contributed by atoms with E-state index in [1.165, 1.54) is 77.0 Å². The van der Waals surface area contributed by atoms with Gasteiger partial charge in [-0.25, -0.2) is 15.0 Å². The molecule has 0 saturated heterocycles. The summed E-state index contributed by atoms with van der Waals surface area (Å²) in [4.78, 5) is 299. The van der Waals surface area contributed by atoms with Gasteiger partial charge in [-0.3, -0.25) is 119 Å². The zero-order valence-corrected chi connectivity index (χ0v) is 80.9. The first kappa shape index (κ1) is 125. The molecule has 2 unspecified atom stereocenters. The number of carboxylic acids is 4. The summed E-state index contributed by atoms with van der Waals surface area (Å²) in [5.41, 5.74) is 2.30. The van der Waals surface area contributed by atoms with E-state index in [-0.39, 0.29) is 83.1 Å². The number of carbonyl (C=O) groups excluding carboxylic acids is 19. The lowest BCUT2D eigenvalue weighted by molar-refractivity contribution is -0.161. The van der Waals surface area contributed by atoms with Crippen LogP contribution in [0.2, 0.25) is 0 Å². The molecule has 44 nitrogen and oxygen atoms in total. The Bertz CT molecular complexity index is 4060. The van der Waals surface area contributed by atoms with E-state index in [1.807, 2.05) is 0 Å². The molecule has 0 fully saturated rings. The normalized spacial score (nSPS) is 12.3. The summed E-state index contributed by atoms with van der Waals surface area (Å²) < 4.78 is 34.3. The summed E-state index contributed by atoms with van der Waals surface area (Å²) in [7, 11) is -4.76. The predicted molar refractivity (Wildman–Crippen MR) is 496 cm³/mol. The average Bonchev–Trinajstić information content (AvgIpc) is 1.73. The van der Waals surface area contributed by atoms with Gasteiger partial charge < -0.3 is 81.0 Å². The number of hydrogen-bond donors (Lipinski definition) is 11. The number of aliphatic carboxylic acids is 4. The highest BCUT2D eigenvalue weighted by atomic mass is 31.2. The van der Waals surface area contributed by atoms with Crippen molar-refractivity contribution in [1.29, 1.82) is 0 Å². The van der Waals surface area contributed by atoms with Gasteiger partial charge >= 0.3 is 43.6 Å². The van der Waals surface area contributed by atoms with Gasteiger partial charge in [0.1, 0.15) is 57.4 Å². The number of phosphoric ester groups is 1. The lowest BCUT2D eigenvalue weighted by Crippen LogP contribution is -2.47. The van der Waals surface area contributed by atoms with Crippen molar-refractivity contribution in [2.24, 2.45) is 0 Å². The number of hydrogen-bond acceptors (Lipinski definition) is 29. The Hall–Kier alpha value is -11.5. The summed E-state index contributed by atoms with van der Waals surface area (Å²) in [6, 6.07) is 0. The third-order valence-electron chi connectivity index (χ3n) is 21.1. The standard InChI is InChI=1S/C93H146N11O33P/c1-3-5-7-9-11-13-15-17-19-21-23-25-27-29-31-41-92(130)134-68-76(137-93(131)42-32-30-28-26-24-22-20-18-16-14-12-10-8-6-4-2)69-136-138(132,133)135-54-36-39-70(105)37-33-34-40-77(111)95-55-71(106)45-49-83(117)101(65-89(124)125)61-75(110)44-48-79(113)98-58-86(120)102(66-90(126)127)62-80(114)94-53-35-38-74(109)60-100(64-88(122)123)82(116)50-46-72(107)56-96-81(115)63-103(67-91(128)129)87(121)59-97-78(112)47-43-73(108)57-99-104-84(118)51-52-85(104)119/h17-20,51-52,76,99H,3-16,21-50,53-69H2,1-2H3,(H,94,114)(H,95,111)(H,96,115)(H,97,112)(H,98,113)(H,122,123)(H,124,125)(H,126,127)(H,128,129)(H,132,133)/b19-17+,20-18+. The summed E-state index contributed by atoms with van der Waals surface area (Å²) in [5.74, 6) is -21.0. The highest BCUT2D eigenvalue weighted by molar-refractivity contribution is 7.47. The minimum absolute atomic E-state index is 0.0218. The van der Waals surface area contributed by atoms with E-state index in [0.717, 1.165) is 89.2 Å². The Kier molecular flexibility index (Phi) is 69.9. The summed E-state index contributed by atoms with van der Waals surface area (Å²) >= 11 is 0. The molecule has 0 spiro atoms. The molecule has 11 N–H and O–H groups in total. The summed E-state index contributed by atoms with van der Waals surface area (Å²) in [5, 5.41) is 49.5. The number of ketones is 6. The Labute approximate surface area is 805 Å². The first-order valence-electron chi connectivity index (χ1n) is 47.8. The van der Waals surface area contributed by atoms with Crippen molar-refractivity contribution < 1.29 is 159 Å². The van der Waals surface area contributed by atoms with E-state index in [0.29, 0.717) is 37.5 Å². The molecule has 1 rings (SSSR count). The van der Waals surface area contributed by atoms with Gasteiger partial charge in [-0.1, -0.05) is 141 Å². The van der Waals surface area contributed by atoms with E-state index in [2.05, 4.69) is 70.2 Å². The van der Waals surface area contributed by atoms with Crippen LogP contribution in [0.1, 0.15) is 296 Å². The predicted octanol–water partition coefficient (Wildman–Crippen LogP) is 5.97. The number of phosphoric acid groups is 1. The molecule has 0 radical (unpaired) electrons. The molecule has 1 heterocycles. The van der Waals surface area contributed by atoms with Gasteiger partial charge in [-0.2, -0.15) is 0 Å². The Morgan fingerprint density at radius 2 is 0.681 bits per heavy atom. The molecule has 11 amide bonds. The van der Waals surface area contributed by atoms with E-state index in [9.17, 15) is 140 Å². The molecule has 0 aromatic rings. The third kappa shape index (κ3) is 69.3. The van der Waals surface area contributed by atoms with Gasteiger partial charge in [0.05, 0.1) is 59.0 Å². The second-order valence-electron chi connectivity index (χ2n) is 33.4. The van der Waals surface area contributed by atoms with Crippen LogP contribution in [-0.2, 0) is 133 Å². The highest BCUT2D eigenvalue weighted by Gasteiger charge is 2.31. The van der Waals surface area contributed by atoms with Gasteiger partial charge in [0.15, 0.2) is 29.2 Å². The highest BCUT2D eigenvalue weighted by Crippen LogP contribution is 2.43. The first-order valence-corrected chi connectivity index (χ1v) is 49.3. The number of nitrogens with zero attached hydrogens (tertiary/aromatic N) is 5. The van der Waals surface area contributed by atoms with Crippen molar-refractivity contribution in [2.75, 3.05) is 111 Å². The number of carbonyl (C=O) groups is 23. The van der Waals surface area contributed by atoms with Crippen molar-refractivity contribution in [1.82, 2.24) is 56.6 Å². The second kappa shape index (κ2) is 77.4. The van der Waals surface area contributed by atoms with Crippen LogP contribution in [0.25, 0.3) is 0 Å². The number of Topliss-reactive ketones (excluding diaryl/α,β-unsaturated/α-hetero) is 6. The van der Waals surface area contributed by atoms with Crippen molar-refractivity contribution in [3.8, 4) is 0 Å². The molecule has 0 saturated carbocycles. The largest absolute Gasteiger partial charge is 0.480 e. The Morgan fingerprint density at radius 1 is 0.333 bits per heavy atom. The third-order valence-corrected chi connectivity index (χ3v) is 22.0. The molecule has 1 aliphatic heterocycles. The van der Waals surface area contributed by atoms with Crippen LogP contribution in [0.3, 0.4) is 0 Å². The molecule has 138 heavy (non-hydrogen) atoms. The number of carboxylic acid groups (broad SMARTS) is 4. The minimum Gasteiger partial charge on any atom is -0.480 e. The monoisotopic (exact) mass is 1980 g/mol. The van der Waals surface area contributed by atoms with Crippen molar-refractivity contribution in [3.05, 3.63) is 36.5 Å². The molecule has 776 valence electrons. The van der Waals surface area contributed by atoms with Gasteiger partial charge in [-0.05, 0) is 89.9 Å². The van der Waals surface area contributed by atoms with E-state index in [1.54, 1.807) is 0 Å². The van der Waals surface area contributed by atoms with E-state index < -0.39 is 293 Å². The number of imide groups is 1. The second-order valence-corrected chi connectivity index (χ2v) is 34.9. The maximum absolute atomic E-state index is 13.1. The molecular weight excluding hydrogens is 1830 g/mol. The van der Waals surface area contributed by atoms with Gasteiger partial charge in [0.2, 0.25) is 53.2 Å². The fourth-order valence-corrected chi connectivity index (χ4v) is 14.2.